The highest BCUT2D eigenvalue weighted by Crippen LogP contribution is 2.65. The Labute approximate surface area is 230 Å². The van der Waals surface area contributed by atoms with Gasteiger partial charge in [-0.1, -0.05) is 46.4 Å². The Hall–Kier alpha value is -1.93. The normalized spacial score (nSPS) is 18.0. The Morgan fingerprint density at radius 1 is 0.971 bits per heavy atom. The van der Waals surface area contributed by atoms with Crippen LogP contribution in [0.5, 0.6) is 5.88 Å². The Balaban J connectivity index is 1.52. The average molecular weight is 594 g/mol. The van der Waals surface area contributed by atoms with Crippen molar-refractivity contribution >= 4 is 92.8 Å². The number of hydrogen-bond acceptors (Lipinski definition) is 4. The Morgan fingerprint density at radius 3 is 2.31 bits per heavy atom. The molecule has 2 atom stereocenters. The van der Waals surface area contributed by atoms with E-state index in [0.717, 1.165) is 0 Å². The molecule has 0 radical (unpaired) electrons. The zero-order valence-corrected chi connectivity index (χ0v) is 22.2. The van der Waals surface area contributed by atoms with Crippen molar-refractivity contribution < 1.29 is 14.3 Å². The second kappa shape index (κ2) is 10.2. The van der Waals surface area contributed by atoms with Gasteiger partial charge >= 0.3 is 0 Å². The number of aromatic nitrogens is 1. The third-order valence-electron chi connectivity index (χ3n) is 5.36. The summed E-state index contributed by atoms with van der Waals surface area (Å²) in [6, 6.07) is 10.9. The molecule has 1 aliphatic rings. The molecule has 2 aromatic carbocycles. The number of pyridine rings is 1. The van der Waals surface area contributed by atoms with Crippen molar-refractivity contribution in [1.82, 2.24) is 4.98 Å². The topological polar surface area (TPSA) is 80.3 Å². The van der Waals surface area contributed by atoms with E-state index in [0.29, 0.717) is 21.3 Å². The van der Waals surface area contributed by atoms with E-state index in [2.05, 4.69) is 15.6 Å². The zero-order valence-electron chi connectivity index (χ0n) is 17.7. The largest absolute Gasteiger partial charge is 0.480 e. The molecule has 0 bridgehead atoms. The van der Waals surface area contributed by atoms with E-state index >= 15 is 0 Å². The standard InChI is InChI=1S/C23H15Cl6N3O3/c1-35-22-19(27)16(4-5-30-22)32-20(33)14-9-13(2-3-15(14)26)31-21(34)18-17(23(18,28)29)10-6-11(24)8-12(25)7-10/h2-9,17-18H,1H3,(H,31,34)(H,30,32,33). The van der Waals surface area contributed by atoms with Crippen LogP contribution in [0.1, 0.15) is 21.8 Å². The van der Waals surface area contributed by atoms with E-state index in [9.17, 15) is 9.59 Å². The number of anilines is 2. The summed E-state index contributed by atoms with van der Waals surface area (Å²) in [6.45, 7) is 0. The summed E-state index contributed by atoms with van der Waals surface area (Å²) in [7, 11) is 1.41. The molecule has 1 saturated carbocycles. The average Bonchev–Trinajstić information content (AvgIpc) is 3.38. The predicted molar refractivity (Wildman–Crippen MR) is 141 cm³/mol. The third-order valence-corrected chi connectivity index (χ3v) is 7.43. The minimum absolute atomic E-state index is 0.105. The molecule has 35 heavy (non-hydrogen) atoms. The number of rotatable bonds is 6. The van der Waals surface area contributed by atoms with Gasteiger partial charge in [0.1, 0.15) is 9.36 Å². The number of methoxy groups -OCH3 is 1. The van der Waals surface area contributed by atoms with E-state index in [4.69, 9.17) is 74.3 Å². The molecule has 12 heteroatoms. The fraction of sp³-hybridized carbons (Fsp3) is 0.174. The molecule has 182 valence electrons. The molecular formula is C23H15Cl6N3O3. The fourth-order valence-electron chi connectivity index (χ4n) is 3.67. The number of hydrogen-bond donors (Lipinski definition) is 2. The lowest BCUT2D eigenvalue weighted by molar-refractivity contribution is -0.117. The van der Waals surface area contributed by atoms with Crippen molar-refractivity contribution in [3.8, 4) is 5.88 Å². The van der Waals surface area contributed by atoms with Crippen LogP contribution in [0.4, 0.5) is 11.4 Å². The van der Waals surface area contributed by atoms with Crippen LogP contribution in [0.15, 0.2) is 48.7 Å². The molecule has 0 spiro atoms. The highest BCUT2D eigenvalue weighted by atomic mass is 35.5. The minimum atomic E-state index is -1.35. The molecule has 4 rings (SSSR count). The van der Waals surface area contributed by atoms with Gasteiger partial charge in [0.25, 0.3) is 5.91 Å². The van der Waals surface area contributed by atoms with Crippen LogP contribution in [-0.2, 0) is 4.79 Å². The molecular weight excluding hydrogens is 579 g/mol. The Morgan fingerprint density at radius 2 is 1.66 bits per heavy atom. The van der Waals surface area contributed by atoms with Gasteiger partial charge in [0, 0.05) is 27.8 Å². The SMILES string of the molecule is COc1nccc(NC(=O)c2cc(NC(=O)C3C(c4cc(Cl)cc(Cl)c4)C3(Cl)Cl)ccc2Cl)c1Cl. The van der Waals surface area contributed by atoms with E-state index in [-0.39, 0.29) is 27.2 Å². The van der Waals surface area contributed by atoms with Crippen LogP contribution in [0, 0.1) is 5.92 Å². The molecule has 0 aliphatic heterocycles. The molecule has 1 aromatic heterocycles. The van der Waals surface area contributed by atoms with Gasteiger partial charge in [0.15, 0.2) is 0 Å². The highest BCUT2D eigenvalue weighted by molar-refractivity contribution is 6.53. The van der Waals surface area contributed by atoms with Gasteiger partial charge < -0.3 is 15.4 Å². The number of alkyl halides is 2. The molecule has 6 nitrogen and oxygen atoms in total. The van der Waals surface area contributed by atoms with Crippen molar-refractivity contribution in [2.75, 3.05) is 17.7 Å². The van der Waals surface area contributed by atoms with Gasteiger partial charge in [-0.2, -0.15) is 0 Å². The number of nitrogens with one attached hydrogen (secondary N) is 2. The summed E-state index contributed by atoms with van der Waals surface area (Å²) in [5, 5.41) is 6.50. The van der Waals surface area contributed by atoms with E-state index in [1.54, 1.807) is 24.3 Å². The summed E-state index contributed by atoms with van der Waals surface area (Å²) >= 11 is 37.4. The molecule has 2 N–H and O–H groups in total. The van der Waals surface area contributed by atoms with Crippen LogP contribution >= 0.6 is 69.6 Å². The van der Waals surface area contributed by atoms with E-state index in [1.807, 2.05) is 0 Å². The maximum Gasteiger partial charge on any atom is 0.257 e. The Kier molecular flexibility index (Phi) is 7.62. The first kappa shape index (κ1) is 26.1. The number of carbonyl (C=O) groups is 2. The van der Waals surface area contributed by atoms with Gasteiger partial charge in [-0.25, -0.2) is 4.98 Å². The van der Waals surface area contributed by atoms with Crippen molar-refractivity contribution in [2.24, 2.45) is 5.92 Å². The first-order chi connectivity index (χ1) is 16.5. The van der Waals surface area contributed by atoms with Crippen molar-refractivity contribution in [3.63, 3.8) is 0 Å². The lowest BCUT2D eigenvalue weighted by Gasteiger charge is -2.12. The lowest BCUT2D eigenvalue weighted by atomic mass is 10.1. The number of carbonyl (C=O) groups excluding carboxylic acids is 2. The van der Waals surface area contributed by atoms with Crippen LogP contribution in [0.2, 0.25) is 20.1 Å². The summed E-state index contributed by atoms with van der Waals surface area (Å²) in [4.78, 5) is 29.8. The molecule has 0 saturated heterocycles. The van der Waals surface area contributed by atoms with E-state index in [1.165, 1.54) is 31.5 Å². The van der Waals surface area contributed by atoms with Crippen LogP contribution in [-0.4, -0.2) is 28.2 Å². The first-order valence-electron chi connectivity index (χ1n) is 9.97. The molecule has 3 aromatic rings. The number of halogens is 6. The number of benzene rings is 2. The quantitative estimate of drug-likeness (QED) is 0.290. The molecule has 2 unspecified atom stereocenters. The molecule has 1 fully saturated rings. The molecule has 1 heterocycles. The van der Waals surface area contributed by atoms with Gasteiger partial charge in [-0.15, -0.1) is 23.2 Å². The van der Waals surface area contributed by atoms with Crippen LogP contribution < -0.4 is 15.4 Å². The smallest absolute Gasteiger partial charge is 0.257 e. The maximum absolute atomic E-state index is 13.0. The van der Waals surface area contributed by atoms with Crippen molar-refractivity contribution in [1.29, 1.82) is 0 Å². The first-order valence-corrected chi connectivity index (χ1v) is 12.2. The monoisotopic (exact) mass is 591 g/mol. The number of ether oxygens (including phenoxy) is 1. The minimum Gasteiger partial charge on any atom is -0.480 e. The third kappa shape index (κ3) is 5.43. The summed E-state index contributed by atoms with van der Waals surface area (Å²) in [6.07, 6.45) is 1.43. The number of amides is 2. The van der Waals surface area contributed by atoms with Crippen molar-refractivity contribution in [2.45, 2.75) is 10.3 Å². The van der Waals surface area contributed by atoms with Gasteiger partial charge in [-0.3, -0.25) is 9.59 Å². The zero-order chi connectivity index (χ0) is 25.5. The number of nitrogens with zero attached hydrogens (tertiary/aromatic N) is 1. The molecule has 1 aliphatic carbocycles. The van der Waals surface area contributed by atoms with Gasteiger partial charge in [0.05, 0.1) is 29.3 Å². The summed E-state index contributed by atoms with van der Waals surface area (Å²) in [5.41, 5.74) is 1.35. The van der Waals surface area contributed by atoms with E-state index < -0.39 is 28.0 Å². The van der Waals surface area contributed by atoms with Crippen LogP contribution in [0.3, 0.4) is 0 Å². The lowest BCUT2D eigenvalue weighted by Crippen LogP contribution is -2.18. The van der Waals surface area contributed by atoms with Crippen LogP contribution in [0.25, 0.3) is 0 Å². The Bertz CT molecular complexity index is 1310. The maximum atomic E-state index is 13.0. The summed E-state index contributed by atoms with van der Waals surface area (Å²) < 4.78 is 3.71. The van der Waals surface area contributed by atoms with Gasteiger partial charge in [-0.05, 0) is 48.0 Å². The predicted octanol–water partition coefficient (Wildman–Crippen LogP) is 7.48. The second-order valence-electron chi connectivity index (χ2n) is 7.65. The fourth-order valence-corrected chi connectivity index (χ4v) is 5.48. The second-order valence-corrected chi connectivity index (χ2v) is 10.8. The summed E-state index contributed by atoms with van der Waals surface area (Å²) in [5.74, 6) is -2.12. The van der Waals surface area contributed by atoms with Gasteiger partial charge in [0.2, 0.25) is 11.8 Å². The van der Waals surface area contributed by atoms with Crippen molar-refractivity contribution in [3.05, 3.63) is 79.9 Å². The highest BCUT2D eigenvalue weighted by Gasteiger charge is 2.67. The molecule has 2 amide bonds.